The van der Waals surface area contributed by atoms with Gasteiger partial charge >= 0.3 is 0 Å². The van der Waals surface area contributed by atoms with Crippen molar-refractivity contribution in [2.75, 3.05) is 6.61 Å². The summed E-state index contributed by atoms with van der Waals surface area (Å²) in [6.45, 7) is 4.82. The van der Waals surface area contributed by atoms with Gasteiger partial charge in [0.2, 0.25) is 0 Å². The van der Waals surface area contributed by atoms with Crippen molar-refractivity contribution in [1.82, 2.24) is 0 Å². The largest absolute Gasteiger partial charge is 0.489 e. The van der Waals surface area contributed by atoms with Crippen LogP contribution in [0.15, 0.2) is 42.5 Å². The molecule has 2 aromatic carbocycles. The maximum absolute atomic E-state index is 8.69. The van der Waals surface area contributed by atoms with E-state index >= 15 is 0 Å². The summed E-state index contributed by atoms with van der Waals surface area (Å²) in [5.74, 6) is 6.86. The Kier molecular flexibility index (Phi) is 5.43. The molecule has 0 aromatic heterocycles. The van der Waals surface area contributed by atoms with Crippen LogP contribution in [0.5, 0.6) is 5.75 Å². The molecule has 0 amide bonds. The highest BCUT2D eigenvalue weighted by Gasteiger charge is 2.02. The summed E-state index contributed by atoms with van der Waals surface area (Å²) in [7, 11) is 0. The summed E-state index contributed by atoms with van der Waals surface area (Å²) in [4.78, 5) is 0. The quantitative estimate of drug-likeness (QED) is 0.867. The summed E-state index contributed by atoms with van der Waals surface area (Å²) in [5.41, 5.74) is 4.49. The highest BCUT2D eigenvalue weighted by atomic mass is 16.5. The van der Waals surface area contributed by atoms with Crippen LogP contribution in [0.25, 0.3) is 0 Å². The molecule has 0 spiro atoms. The zero-order valence-corrected chi connectivity index (χ0v) is 12.5. The third-order valence-corrected chi connectivity index (χ3v) is 3.37. The molecule has 108 valence electrons. The van der Waals surface area contributed by atoms with Gasteiger partial charge in [0.1, 0.15) is 12.4 Å². The van der Waals surface area contributed by atoms with Gasteiger partial charge in [-0.25, -0.2) is 0 Å². The van der Waals surface area contributed by atoms with Gasteiger partial charge < -0.3 is 9.84 Å². The minimum Gasteiger partial charge on any atom is -0.489 e. The lowest BCUT2D eigenvalue weighted by Crippen LogP contribution is -1.97. The third kappa shape index (κ3) is 4.37. The van der Waals surface area contributed by atoms with E-state index in [0.29, 0.717) is 13.0 Å². The molecule has 0 heterocycles. The van der Waals surface area contributed by atoms with Crippen molar-refractivity contribution in [2.45, 2.75) is 26.9 Å². The van der Waals surface area contributed by atoms with Crippen LogP contribution in [0.4, 0.5) is 0 Å². The Balaban J connectivity index is 1.98. The van der Waals surface area contributed by atoms with Gasteiger partial charge in [0.25, 0.3) is 0 Å². The number of aryl methyl sites for hydroxylation is 1. The van der Waals surface area contributed by atoms with Gasteiger partial charge in [-0.2, -0.15) is 0 Å². The number of hydrogen-bond acceptors (Lipinski definition) is 2. The van der Waals surface area contributed by atoms with Crippen LogP contribution in [-0.2, 0) is 6.61 Å². The standard InChI is InChI=1S/C19H20O2/c1-15-6-5-8-19(16(15)2)21-14-18-11-9-17(10-12-18)7-3-4-13-20/h5-6,8-12,20H,4,13-14H2,1-2H3. The zero-order valence-electron chi connectivity index (χ0n) is 12.5. The predicted molar refractivity (Wildman–Crippen MR) is 85.3 cm³/mol. The van der Waals surface area contributed by atoms with Crippen molar-refractivity contribution in [3.8, 4) is 17.6 Å². The van der Waals surface area contributed by atoms with Crippen LogP contribution >= 0.6 is 0 Å². The summed E-state index contributed by atoms with van der Waals surface area (Å²) in [5, 5.41) is 8.69. The monoisotopic (exact) mass is 280 g/mol. The molecule has 1 N–H and O–H groups in total. The van der Waals surface area contributed by atoms with Crippen molar-refractivity contribution < 1.29 is 9.84 Å². The van der Waals surface area contributed by atoms with E-state index in [4.69, 9.17) is 9.84 Å². The van der Waals surface area contributed by atoms with E-state index in [9.17, 15) is 0 Å². The Bertz CT molecular complexity index is 646. The Morgan fingerprint density at radius 3 is 2.52 bits per heavy atom. The Morgan fingerprint density at radius 1 is 1.05 bits per heavy atom. The lowest BCUT2D eigenvalue weighted by atomic mass is 10.1. The zero-order chi connectivity index (χ0) is 15.1. The van der Waals surface area contributed by atoms with Crippen LogP contribution in [0, 0.1) is 25.7 Å². The molecule has 0 radical (unpaired) electrons. The SMILES string of the molecule is Cc1cccc(OCc2ccc(C#CCCO)cc2)c1C. The van der Waals surface area contributed by atoms with Crippen molar-refractivity contribution in [3.05, 3.63) is 64.7 Å². The van der Waals surface area contributed by atoms with Gasteiger partial charge in [-0.05, 0) is 48.7 Å². The van der Waals surface area contributed by atoms with E-state index in [0.717, 1.165) is 16.9 Å². The highest BCUT2D eigenvalue weighted by molar-refractivity contribution is 5.39. The minimum absolute atomic E-state index is 0.106. The number of benzene rings is 2. The lowest BCUT2D eigenvalue weighted by Gasteiger charge is -2.10. The first-order valence-electron chi connectivity index (χ1n) is 7.08. The second-order valence-corrected chi connectivity index (χ2v) is 4.96. The number of aliphatic hydroxyl groups excluding tert-OH is 1. The van der Waals surface area contributed by atoms with Crippen LogP contribution in [0.3, 0.4) is 0 Å². The predicted octanol–water partition coefficient (Wildman–Crippen LogP) is 3.62. The van der Waals surface area contributed by atoms with E-state index in [1.807, 2.05) is 36.4 Å². The van der Waals surface area contributed by atoms with E-state index in [-0.39, 0.29) is 6.61 Å². The number of aliphatic hydroxyl groups is 1. The van der Waals surface area contributed by atoms with Gasteiger partial charge in [0, 0.05) is 12.0 Å². The van der Waals surface area contributed by atoms with E-state index in [2.05, 4.69) is 31.8 Å². The van der Waals surface area contributed by atoms with Gasteiger partial charge in [-0.1, -0.05) is 36.1 Å². The molecule has 2 rings (SSSR count). The molecule has 0 atom stereocenters. The Morgan fingerprint density at radius 2 is 1.81 bits per heavy atom. The van der Waals surface area contributed by atoms with Crippen LogP contribution in [0.1, 0.15) is 28.7 Å². The molecular formula is C19H20O2. The molecule has 0 saturated carbocycles. The topological polar surface area (TPSA) is 29.5 Å². The maximum atomic E-state index is 8.69. The molecule has 0 aliphatic rings. The highest BCUT2D eigenvalue weighted by Crippen LogP contribution is 2.21. The average Bonchev–Trinajstić information content (AvgIpc) is 2.50. The van der Waals surface area contributed by atoms with Crippen molar-refractivity contribution in [3.63, 3.8) is 0 Å². The van der Waals surface area contributed by atoms with Crippen molar-refractivity contribution in [1.29, 1.82) is 0 Å². The molecule has 0 unspecified atom stereocenters. The molecule has 2 nitrogen and oxygen atoms in total. The van der Waals surface area contributed by atoms with E-state index in [1.165, 1.54) is 11.1 Å². The molecule has 0 fully saturated rings. The second-order valence-electron chi connectivity index (χ2n) is 4.96. The van der Waals surface area contributed by atoms with E-state index in [1.54, 1.807) is 0 Å². The van der Waals surface area contributed by atoms with Crippen LogP contribution in [0.2, 0.25) is 0 Å². The van der Waals surface area contributed by atoms with Gasteiger partial charge in [0.15, 0.2) is 0 Å². The molecule has 0 aliphatic carbocycles. The molecule has 21 heavy (non-hydrogen) atoms. The molecule has 0 aliphatic heterocycles. The minimum atomic E-state index is 0.106. The van der Waals surface area contributed by atoms with Gasteiger partial charge in [-0.15, -0.1) is 0 Å². The molecule has 0 bridgehead atoms. The summed E-state index contributed by atoms with van der Waals surface area (Å²) in [6.07, 6.45) is 0.511. The van der Waals surface area contributed by atoms with Crippen LogP contribution < -0.4 is 4.74 Å². The first-order chi connectivity index (χ1) is 10.2. The first-order valence-corrected chi connectivity index (χ1v) is 7.08. The Labute approximate surface area is 126 Å². The van der Waals surface area contributed by atoms with Gasteiger partial charge in [-0.3, -0.25) is 0 Å². The fraction of sp³-hybridized carbons (Fsp3) is 0.263. The maximum Gasteiger partial charge on any atom is 0.122 e. The lowest BCUT2D eigenvalue weighted by molar-refractivity contribution is 0.304. The Hall–Kier alpha value is -2.24. The van der Waals surface area contributed by atoms with E-state index < -0.39 is 0 Å². The van der Waals surface area contributed by atoms with Crippen molar-refractivity contribution in [2.24, 2.45) is 0 Å². The molecule has 2 aromatic rings. The smallest absolute Gasteiger partial charge is 0.122 e. The third-order valence-electron chi connectivity index (χ3n) is 3.37. The average molecular weight is 280 g/mol. The fourth-order valence-electron chi connectivity index (χ4n) is 1.95. The van der Waals surface area contributed by atoms with Gasteiger partial charge in [0.05, 0.1) is 6.61 Å². The second kappa shape index (κ2) is 7.52. The first kappa shape index (κ1) is 15.2. The summed E-state index contributed by atoms with van der Waals surface area (Å²) >= 11 is 0. The molecular weight excluding hydrogens is 260 g/mol. The summed E-state index contributed by atoms with van der Waals surface area (Å²) in [6, 6.07) is 14.1. The van der Waals surface area contributed by atoms with Crippen LogP contribution in [-0.4, -0.2) is 11.7 Å². The number of rotatable bonds is 4. The molecule has 0 saturated heterocycles. The fourth-order valence-corrected chi connectivity index (χ4v) is 1.95. The normalized spacial score (nSPS) is 9.86. The van der Waals surface area contributed by atoms with Crippen molar-refractivity contribution >= 4 is 0 Å². The molecule has 2 heteroatoms. The summed E-state index contributed by atoms with van der Waals surface area (Å²) < 4.78 is 5.87. The number of ether oxygens (including phenoxy) is 1. The number of hydrogen-bond donors (Lipinski definition) is 1.